The maximum absolute atomic E-state index is 8.57. The first-order valence-corrected chi connectivity index (χ1v) is 5.87. The Morgan fingerprint density at radius 3 is 2.79 bits per heavy atom. The van der Waals surface area contributed by atoms with Crippen molar-refractivity contribution < 1.29 is 4.42 Å². The standard InChI is InChI=1S/C13H15N5O/c1-9-4-5-13(19-9)18(3)12-8-11(15-7-6-14)16-10(2)17-12/h4-5,8H,7H2,1-3H3,(H,15,16,17). The van der Waals surface area contributed by atoms with Gasteiger partial charge in [0.05, 0.1) is 6.07 Å². The highest BCUT2D eigenvalue weighted by Gasteiger charge is 2.11. The average Bonchev–Trinajstić information content (AvgIpc) is 2.81. The van der Waals surface area contributed by atoms with Crippen LogP contribution >= 0.6 is 0 Å². The first-order chi connectivity index (χ1) is 9.10. The van der Waals surface area contributed by atoms with Gasteiger partial charge >= 0.3 is 0 Å². The van der Waals surface area contributed by atoms with E-state index in [0.29, 0.717) is 23.3 Å². The first kappa shape index (κ1) is 12.9. The van der Waals surface area contributed by atoms with Crippen LogP contribution in [-0.4, -0.2) is 23.6 Å². The van der Waals surface area contributed by atoms with Crippen LogP contribution < -0.4 is 10.2 Å². The second-order valence-corrected chi connectivity index (χ2v) is 4.11. The Labute approximate surface area is 111 Å². The van der Waals surface area contributed by atoms with Crippen molar-refractivity contribution in [3.8, 4) is 6.07 Å². The number of nitrogens with zero attached hydrogens (tertiary/aromatic N) is 4. The highest BCUT2D eigenvalue weighted by atomic mass is 16.4. The van der Waals surface area contributed by atoms with E-state index >= 15 is 0 Å². The Balaban J connectivity index is 2.28. The molecule has 2 rings (SSSR count). The van der Waals surface area contributed by atoms with E-state index in [1.807, 2.05) is 44.0 Å². The summed E-state index contributed by atoms with van der Waals surface area (Å²) < 4.78 is 5.55. The second kappa shape index (κ2) is 5.40. The molecule has 6 nitrogen and oxygen atoms in total. The molecule has 0 fully saturated rings. The lowest BCUT2D eigenvalue weighted by atomic mass is 10.4. The van der Waals surface area contributed by atoms with Gasteiger partial charge in [-0.1, -0.05) is 0 Å². The zero-order chi connectivity index (χ0) is 13.8. The van der Waals surface area contributed by atoms with Gasteiger partial charge in [-0.3, -0.25) is 4.90 Å². The van der Waals surface area contributed by atoms with Crippen LogP contribution in [0.15, 0.2) is 22.6 Å². The third kappa shape index (κ3) is 3.01. The number of aromatic nitrogens is 2. The molecule has 0 unspecified atom stereocenters. The van der Waals surface area contributed by atoms with Gasteiger partial charge in [0.25, 0.3) is 0 Å². The highest BCUT2D eigenvalue weighted by Crippen LogP contribution is 2.25. The molecule has 0 amide bonds. The Bertz CT molecular complexity index is 614. The number of hydrogen-bond donors (Lipinski definition) is 1. The smallest absolute Gasteiger partial charge is 0.200 e. The number of hydrogen-bond acceptors (Lipinski definition) is 6. The van der Waals surface area contributed by atoms with E-state index in [1.54, 1.807) is 6.07 Å². The molecule has 1 N–H and O–H groups in total. The van der Waals surface area contributed by atoms with Gasteiger partial charge in [0, 0.05) is 19.2 Å². The van der Waals surface area contributed by atoms with Crippen molar-refractivity contribution in [2.24, 2.45) is 0 Å². The topological polar surface area (TPSA) is 78.0 Å². The monoisotopic (exact) mass is 257 g/mol. The van der Waals surface area contributed by atoms with E-state index in [-0.39, 0.29) is 6.54 Å². The SMILES string of the molecule is Cc1nc(NCC#N)cc(N(C)c2ccc(C)o2)n1. The van der Waals surface area contributed by atoms with E-state index in [0.717, 1.165) is 5.76 Å². The highest BCUT2D eigenvalue weighted by molar-refractivity contribution is 5.57. The summed E-state index contributed by atoms with van der Waals surface area (Å²) in [7, 11) is 1.87. The van der Waals surface area contributed by atoms with Gasteiger partial charge in [0.15, 0.2) is 0 Å². The second-order valence-electron chi connectivity index (χ2n) is 4.11. The molecular weight excluding hydrogens is 242 g/mol. The summed E-state index contributed by atoms with van der Waals surface area (Å²) >= 11 is 0. The molecule has 6 heteroatoms. The lowest BCUT2D eigenvalue weighted by Crippen LogP contribution is -2.13. The minimum Gasteiger partial charge on any atom is -0.445 e. The summed E-state index contributed by atoms with van der Waals surface area (Å²) in [6, 6.07) is 7.58. The third-order valence-electron chi connectivity index (χ3n) is 2.57. The van der Waals surface area contributed by atoms with E-state index in [1.165, 1.54) is 0 Å². The summed E-state index contributed by atoms with van der Waals surface area (Å²) in [6.07, 6.45) is 0. The van der Waals surface area contributed by atoms with Crippen LogP contribution in [0.5, 0.6) is 0 Å². The molecule has 2 aromatic rings. The van der Waals surface area contributed by atoms with Crippen LogP contribution in [0.1, 0.15) is 11.6 Å². The summed E-state index contributed by atoms with van der Waals surface area (Å²) in [6.45, 7) is 3.91. The molecule has 0 spiro atoms. The van der Waals surface area contributed by atoms with Crippen molar-refractivity contribution in [2.45, 2.75) is 13.8 Å². The predicted molar refractivity (Wildman–Crippen MR) is 72.4 cm³/mol. The van der Waals surface area contributed by atoms with E-state index in [9.17, 15) is 0 Å². The number of furan rings is 1. The van der Waals surface area contributed by atoms with Crippen molar-refractivity contribution in [2.75, 3.05) is 23.8 Å². The number of rotatable bonds is 4. The Morgan fingerprint density at radius 2 is 2.16 bits per heavy atom. The summed E-state index contributed by atoms with van der Waals surface area (Å²) in [5, 5.41) is 11.5. The van der Waals surface area contributed by atoms with Gasteiger partial charge in [-0.05, 0) is 19.9 Å². The van der Waals surface area contributed by atoms with Crippen LogP contribution in [0.3, 0.4) is 0 Å². The van der Waals surface area contributed by atoms with Crippen LogP contribution in [0, 0.1) is 25.2 Å². The van der Waals surface area contributed by atoms with Gasteiger partial charge in [-0.25, -0.2) is 9.97 Å². The van der Waals surface area contributed by atoms with Crippen LogP contribution in [-0.2, 0) is 0 Å². The Hall–Kier alpha value is -2.55. The predicted octanol–water partition coefficient (Wildman–Crippen LogP) is 2.39. The van der Waals surface area contributed by atoms with Gasteiger partial charge in [0.1, 0.15) is 29.8 Å². The van der Waals surface area contributed by atoms with Crippen molar-refractivity contribution >= 4 is 17.5 Å². The largest absolute Gasteiger partial charge is 0.445 e. The maximum Gasteiger partial charge on any atom is 0.200 e. The van der Waals surface area contributed by atoms with Gasteiger partial charge < -0.3 is 9.73 Å². The van der Waals surface area contributed by atoms with Crippen molar-refractivity contribution in [1.82, 2.24) is 9.97 Å². The number of nitriles is 1. The van der Waals surface area contributed by atoms with Crippen LogP contribution in [0.25, 0.3) is 0 Å². The fraction of sp³-hybridized carbons (Fsp3) is 0.308. The molecule has 2 aromatic heterocycles. The number of anilines is 3. The molecule has 0 aromatic carbocycles. The molecule has 0 saturated heterocycles. The fourth-order valence-corrected chi connectivity index (χ4v) is 1.66. The van der Waals surface area contributed by atoms with Crippen LogP contribution in [0.2, 0.25) is 0 Å². The van der Waals surface area contributed by atoms with E-state index in [2.05, 4.69) is 15.3 Å². The Morgan fingerprint density at radius 1 is 1.37 bits per heavy atom. The summed E-state index contributed by atoms with van der Waals surface area (Å²) in [5.41, 5.74) is 0. The molecule has 0 aliphatic rings. The average molecular weight is 257 g/mol. The first-order valence-electron chi connectivity index (χ1n) is 5.87. The summed E-state index contributed by atoms with van der Waals surface area (Å²) in [4.78, 5) is 10.4. The van der Waals surface area contributed by atoms with Crippen LogP contribution in [0.4, 0.5) is 17.5 Å². The number of aryl methyl sites for hydroxylation is 2. The van der Waals surface area contributed by atoms with Gasteiger partial charge in [-0.15, -0.1) is 0 Å². The molecular formula is C13H15N5O. The van der Waals surface area contributed by atoms with E-state index in [4.69, 9.17) is 9.68 Å². The maximum atomic E-state index is 8.57. The fourth-order valence-electron chi connectivity index (χ4n) is 1.66. The quantitative estimate of drug-likeness (QED) is 0.847. The molecule has 0 bridgehead atoms. The molecule has 0 saturated carbocycles. The minimum absolute atomic E-state index is 0.208. The van der Waals surface area contributed by atoms with Gasteiger partial charge in [0.2, 0.25) is 5.88 Å². The molecule has 0 atom stereocenters. The molecule has 2 heterocycles. The number of nitrogens with one attached hydrogen (secondary N) is 1. The lowest BCUT2D eigenvalue weighted by molar-refractivity contribution is 0.537. The molecule has 0 aliphatic heterocycles. The molecule has 0 aliphatic carbocycles. The Kier molecular flexibility index (Phi) is 3.66. The zero-order valence-corrected chi connectivity index (χ0v) is 11.1. The normalized spacial score (nSPS) is 10.0. The van der Waals surface area contributed by atoms with E-state index < -0.39 is 0 Å². The summed E-state index contributed by atoms with van der Waals surface area (Å²) in [5.74, 6) is 3.52. The zero-order valence-electron chi connectivity index (χ0n) is 11.1. The van der Waals surface area contributed by atoms with Gasteiger partial charge in [-0.2, -0.15) is 5.26 Å². The van der Waals surface area contributed by atoms with Crippen molar-refractivity contribution in [3.63, 3.8) is 0 Å². The molecule has 98 valence electrons. The lowest BCUT2D eigenvalue weighted by Gasteiger charge is -2.16. The molecule has 19 heavy (non-hydrogen) atoms. The van der Waals surface area contributed by atoms with Crippen molar-refractivity contribution in [3.05, 3.63) is 29.8 Å². The van der Waals surface area contributed by atoms with Crippen molar-refractivity contribution in [1.29, 1.82) is 5.26 Å². The molecule has 0 radical (unpaired) electrons. The minimum atomic E-state index is 0.208. The third-order valence-corrected chi connectivity index (χ3v) is 2.57.